The summed E-state index contributed by atoms with van der Waals surface area (Å²) < 4.78 is 4.07. The molecule has 0 bridgehead atoms. The van der Waals surface area contributed by atoms with Gasteiger partial charge in [0.1, 0.15) is 0 Å². The van der Waals surface area contributed by atoms with Crippen molar-refractivity contribution in [2.45, 2.75) is 38.0 Å². The van der Waals surface area contributed by atoms with E-state index in [0.717, 1.165) is 5.69 Å². The van der Waals surface area contributed by atoms with Gasteiger partial charge in [-0.15, -0.1) is 22.7 Å². The van der Waals surface area contributed by atoms with Crippen molar-refractivity contribution >= 4 is 64.7 Å². The molecule has 0 fully saturated rings. The third-order valence-electron chi connectivity index (χ3n) is 5.43. The number of thiophene rings is 2. The molecular weight excluding hydrogens is 422 g/mol. The van der Waals surface area contributed by atoms with E-state index in [4.69, 9.17) is 4.98 Å². The summed E-state index contributed by atoms with van der Waals surface area (Å²) >= 11 is 5.47. The molecule has 0 atom stereocenters. The molecule has 3 heterocycles. The third kappa shape index (κ3) is 3.18. The minimum Gasteiger partial charge on any atom is -0.256 e. The predicted octanol–water partition coefficient (Wildman–Crippen LogP) is 9.17. The number of hydrogen-bond donors (Lipinski definition) is 0. The van der Waals surface area contributed by atoms with Gasteiger partial charge in [0.25, 0.3) is 0 Å². The van der Waals surface area contributed by atoms with Crippen LogP contribution in [0.15, 0.2) is 65.5 Å². The maximum Gasteiger partial charge on any atom is 0.0795 e. The molecule has 0 saturated carbocycles. The van der Waals surface area contributed by atoms with E-state index in [-0.39, 0.29) is 5.41 Å². The van der Waals surface area contributed by atoms with E-state index < -0.39 is 0 Å². The quantitative estimate of drug-likeness (QED) is 0.257. The Labute approximate surface area is 189 Å². The Morgan fingerprint density at radius 1 is 1.00 bits per heavy atom. The number of fused-ring (bicyclic) bond motifs is 5. The average molecular weight is 446 g/mol. The lowest BCUT2D eigenvalue weighted by molar-refractivity contribution is 0.578. The SMILES string of the molecule is C=CSc1ccc(-c2nccc3sc4c(ccc5cc(C)sc54)c23)cc1C(C)(C)C. The van der Waals surface area contributed by atoms with E-state index in [0.29, 0.717) is 0 Å². The number of aryl methyl sites for hydroxylation is 1. The second-order valence-electron chi connectivity index (χ2n) is 8.60. The number of hydrogen-bond acceptors (Lipinski definition) is 4. The Hall–Kier alpha value is -2.14. The summed E-state index contributed by atoms with van der Waals surface area (Å²) in [5, 5.41) is 5.83. The maximum absolute atomic E-state index is 4.87. The highest BCUT2D eigenvalue weighted by Gasteiger charge is 2.21. The molecule has 0 saturated heterocycles. The van der Waals surface area contributed by atoms with E-state index in [2.05, 4.69) is 76.7 Å². The predicted molar refractivity (Wildman–Crippen MR) is 137 cm³/mol. The molecule has 150 valence electrons. The highest BCUT2D eigenvalue weighted by atomic mass is 32.2. The van der Waals surface area contributed by atoms with E-state index in [1.807, 2.05) is 34.3 Å². The highest BCUT2D eigenvalue weighted by molar-refractivity contribution is 8.02. The first-order chi connectivity index (χ1) is 14.4. The van der Waals surface area contributed by atoms with Gasteiger partial charge in [0.15, 0.2) is 0 Å². The van der Waals surface area contributed by atoms with Gasteiger partial charge in [-0.05, 0) is 53.0 Å². The Kier molecular flexibility index (Phi) is 4.77. The van der Waals surface area contributed by atoms with Crippen LogP contribution < -0.4 is 0 Å². The second-order valence-corrected chi connectivity index (χ2v) is 11.9. The van der Waals surface area contributed by atoms with Crippen molar-refractivity contribution in [3.05, 3.63) is 71.1 Å². The first-order valence-corrected chi connectivity index (χ1v) is 12.5. The average Bonchev–Trinajstić information content (AvgIpc) is 3.27. The van der Waals surface area contributed by atoms with Gasteiger partial charge in [-0.25, -0.2) is 0 Å². The summed E-state index contributed by atoms with van der Waals surface area (Å²) in [6.45, 7) is 12.9. The molecule has 5 rings (SSSR count). The van der Waals surface area contributed by atoms with Gasteiger partial charge in [-0.3, -0.25) is 4.98 Å². The van der Waals surface area contributed by atoms with Crippen LogP contribution in [-0.2, 0) is 5.41 Å². The van der Waals surface area contributed by atoms with Gasteiger partial charge in [0.05, 0.1) is 15.1 Å². The molecule has 0 aliphatic rings. The molecule has 0 aliphatic heterocycles. The van der Waals surface area contributed by atoms with Gasteiger partial charge < -0.3 is 0 Å². The lowest BCUT2D eigenvalue weighted by Crippen LogP contribution is -2.12. The summed E-state index contributed by atoms with van der Waals surface area (Å²) in [6.07, 6.45) is 1.95. The smallest absolute Gasteiger partial charge is 0.0795 e. The number of nitrogens with zero attached hydrogens (tertiary/aromatic N) is 1. The van der Waals surface area contributed by atoms with Crippen molar-refractivity contribution in [3.8, 4) is 11.3 Å². The van der Waals surface area contributed by atoms with Gasteiger partial charge in [-0.2, -0.15) is 0 Å². The molecule has 4 heteroatoms. The minimum absolute atomic E-state index is 0.0482. The van der Waals surface area contributed by atoms with Crippen LogP contribution in [0.3, 0.4) is 0 Å². The zero-order chi connectivity index (χ0) is 21.0. The Bertz CT molecular complexity index is 1430. The fraction of sp³-hybridized carbons (Fsp3) is 0.192. The lowest BCUT2D eigenvalue weighted by atomic mass is 9.85. The largest absolute Gasteiger partial charge is 0.256 e. The molecule has 0 amide bonds. The first kappa shape index (κ1) is 19.8. The van der Waals surface area contributed by atoms with E-state index in [9.17, 15) is 0 Å². The van der Waals surface area contributed by atoms with E-state index in [1.54, 1.807) is 11.8 Å². The molecule has 0 N–H and O–H groups in total. The number of aromatic nitrogens is 1. The summed E-state index contributed by atoms with van der Waals surface area (Å²) in [4.78, 5) is 7.49. The summed E-state index contributed by atoms with van der Waals surface area (Å²) in [5.74, 6) is 0. The van der Waals surface area contributed by atoms with Gasteiger partial charge in [-0.1, -0.05) is 57.3 Å². The van der Waals surface area contributed by atoms with Crippen molar-refractivity contribution < 1.29 is 0 Å². The van der Waals surface area contributed by atoms with Crippen LogP contribution in [0, 0.1) is 6.92 Å². The standard InChI is InChI=1S/C26H23NS3/c1-6-28-20-10-8-16(14-19(20)26(3,4)5)23-22-18-9-7-17-13-15(2)29-24(17)25(18)30-21(22)11-12-27-23/h6-14H,1H2,2-5H3. The lowest BCUT2D eigenvalue weighted by Gasteiger charge is -2.23. The molecule has 3 aromatic heterocycles. The Balaban J connectivity index is 1.81. The van der Waals surface area contributed by atoms with Crippen LogP contribution in [0.25, 0.3) is 41.5 Å². The van der Waals surface area contributed by atoms with Crippen LogP contribution in [0.4, 0.5) is 0 Å². The minimum atomic E-state index is 0.0482. The molecule has 2 aromatic carbocycles. The van der Waals surface area contributed by atoms with Crippen LogP contribution in [0.1, 0.15) is 31.2 Å². The summed E-state index contributed by atoms with van der Waals surface area (Å²) in [7, 11) is 0. The van der Waals surface area contributed by atoms with E-state index >= 15 is 0 Å². The molecule has 1 nitrogen and oxygen atoms in total. The zero-order valence-corrected chi connectivity index (χ0v) is 20.0. The molecule has 0 unspecified atom stereocenters. The van der Waals surface area contributed by atoms with Crippen LogP contribution in [0.5, 0.6) is 0 Å². The van der Waals surface area contributed by atoms with E-state index in [1.165, 1.54) is 51.2 Å². The third-order valence-corrected chi connectivity index (χ3v) is 8.61. The molecule has 5 aromatic rings. The van der Waals surface area contributed by atoms with Crippen molar-refractivity contribution in [2.75, 3.05) is 0 Å². The molecule has 0 aliphatic carbocycles. The summed E-state index contributed by atoms with van der Waals surface area (Å²) in [5.41, 5.74) is 3.64. The number of benzene rings is 2. The maximum atomic E-state index is 4.87. The molecular formula is C26H23NS3. The molecule has 0 radical (unpaired) electrons. The molecule has 0 spiro atoms. The fourth-order valence-corrected chi connectivity index (χ4v) is 7.25. The monoisotopic (exact) mass is 445 g/mol. The second kappa shape index (κ2) is 7.23. The molecule has 30 heavy (non-hydrogen) atoms. The zero-order valence-electron chi connectivity index (χ0n) is 17.6. The van der Waals surface area contributed by atoms with Crippen LogP contribution >= 0.6 is 34.4 Å². The van der Waals surface area contributed by atoms with Gasteiger partial charge in [0.2, 0.25) is 0 Å². The van der Waals surface area contributed by atoms with Crippen molar-refractivity contribution in [3.63, 3.8) is 0 Å². The first-order valence-electron chi connectivity index (χ1n) is 9.99. The Morgan fingerprint density at radius 3 is 2.60 bits per heavy atom. The van der Waals surface area contributed by atoms with Crippen molar-refractivity contribution in [1.29, 1.82) is 0 Å². The van der Waals surface area contributed by atoms with Crippen LogP contribution in [0.2, 0.25) is 0 Å². The number of pyridine rings is 1. The fourth-order valence-electron chi connectivity index (χ4n) is 4.08. The highest BCUT2D eigenvalue weighted by Crippen LogP contribution is 2.45. The van der Waals surface area contributed by atoms with Crippen molar-refractivity contribution in [2.24, 2.45) is 0 Å². The normalized spacial score (nSPS) is 12.3. The number of rotatable bonds is 3. The van der Waals surface area contributed by atoms with Crippen LogP contribution in [-0.4, -0.2) is 4.98 Å². The topological polar surface area (TPSA) is 12.9 Å². The van der Waals surface area contributed by atoms with Crippen molar-refractivity contribution in [1.82, 2.24) is 4.98 Å². The summed E-state index contributed by atoms with van der Waals surface area (Å²) in [6, 6.07) is 15.7. The van der Waals surface area contributed by atoms with Gasteiger partial charge >= 0.3 is 0 Å². The Morgan fingerprint density at radius 2 is 1.83 bits per heavy atom. The van der Waals surface area contributed by atoms with Gasteiger partial charge in [0, 0.05) is 37.0 Å². The number of thioether (sulfide) groups is 1.